The Bertz CT molecular complexity index is 447. The topological polar surface area (TPSA) is 29.5 Å². The number of alkyl halides is 1. The highest BCUT2D eigenvalue weighted by molar-refractivity contribution is 9.09. The summed E-state index contributed by atoms with van der Waals surface area (Å²) in [4.78, 5) is 14.3. The normalized spacial score (nSPS) is 21.8. The molecule has 0 aromatic heterocycles. The minimum absolute atomic E-state index is 0.0828. The third kappa shape index (κ3) is 4.32. The largest absolute Gasteiger partial charge is 0.368 e. The number of aryl methyl sites for hydroxylation is 1. The number of rotatable bonds is 4. The second kappa shape index (κ2) is 6.72. The fourth-order valence-electron chi connectivity index (χ4n) is 2.62. The van der Waals surface area contributed by atoms with E-state index >= 15 is 0 Å². The van der Waals surface area contributed by atoms with Gasteiger partial charge in [-0.25, -0.2) is 0 Å². The molecule has 3 nitrogen and oxygen atoms in total. The molecule has 110 valence electrons. The molecule has 0 bridgehead atoms. The molecule has 0 N–H and O–H groups in total. The van der Waals surface area contributed by atoms with E-state index in [-0.39, 0.29) is 17.6 Å². The van der Waals surface area contributed by atoms with E-state index in [0.29, 0.717) is 19.5 Å². The highest BCUT2D eigenvalue weighted by Gasteiger charge is 2.34. The summed E-state index contributed by atoms with van der Waals surface area (Å²) in [6, 6.07) is 10.2. The smallest absolute Gasteiger partial charge is 0.223 e. The molecule has 0 radical (unpaired) electrons. The van der Waals surface area contributed by atoms with E-state index < -0.39 is 0 Å². The van der Waals surface area contributed by atoms with Crippen molar-refractivity contribution in [3.8, 4) is 0 Å². The molecule has 4 heteroatoms. The quantitative estimate of drug-likeness (QED) is 0.789. The Morgan fingerprint density at radius 2 is 2.10 bits per heavy atom. The second-order valence-electron chi connectivity index (χ2n) is 5.91. The lowest BCUT2D eigenvalue weighted by atomic mass is 10.0. The zero-order valence-electron chi connectivity index (χ0n) is 12.1. The van der Waals surface area contributed by atoms with Crippen LogP contribution in [-0.4, -0.2) is 40.9 Å². The van der Waals surface area contributed by atoms with Gasteiger partial charge in [-0.15, -0.1) is 0 Å². The summed E-state index contributed by atoms with van der Waals surface area (Å²) in [5.41, 5.74) is 0.949. The predicted octanol–water partition coefficient (Wildman–Crippen LogP) is 3.02. The van der Waals surface area contributed by atoms with Crippen LogP contribution in [0.3, 0.4) is 0 Å². The summed E-state index contributed by atoms with van der Waals surface area (Å²) in [5, 5.41) is 0.763. The molecule has 1 saturated heterocycles. The number of ether oxygens (including phenoxy) is 1. The predicted molar refractivity (Wildman–Crippen MR) is 84.1 cm³/mol. The number of carbonyl (C=O) groups excluding carboxylic acids is 1. The van der Waals surface area contributed by atoms with Gasteiger partial charge in [0.15, 0.2) is 0 Å². The minimum atomic E-state index is -0.265. The standard InChI is InChI=1S/C16H22BrNO2/c1-16(2)12-18(11-14(10-17)20-16)15(19)9-8-13-6-4-3-5-7-13/h3-7,14H,8-12H2,1-2H3. The van der Waals surface area contributed by atoms with Gasteiger partial charge in [0.05, 0.1) is 11.7 Å². The molecule has 0 aliphatic carbocycles. The van der Waals surface area contributed by atoms with Crippen molar-refractivity contribution in [3.63, 3.8) is 0 Å². The van der Waals surface area contributed by atoms with Crippen molar-refractivity contribution >= 4 is 21.8 Å². The molecule has 1 aromatic carbocycles. The number of amides is 1. The number of nitrogens with zero attached hydrogens (tertiary/aromatic N) is 1. The molecular weight excluding hydrogens is 318 g/mol. The third-order valence-electron chi connectivity index (χ3n) is 3.48. The summed E-state index contributed by atoms with van der Waals surface area (Å²) >= 11 is 3.45. The zero-order valence-corrected chi connectivity index (χ0v) is 13.7. The van der Waals surface area contributed by atoms with Gasteiger partial charge in [-0.2, -0.15) is 0 Å². The van der Waals surface area contributed by atoms with Crippen LogP contribution in [0.25, 0.3) is 0 Å². The molecule has 2 rings (SSSR count). The fourth-order valence-corrected chi connectivity index (χ4v) is 2.96. The van der Waals surface area contributed by atoms with Crippen LogP contribution in [0, 0.1) is 0 Å². The third-order valence-corrected chi connectivity index (χ3v) is 4.20. The molecular formula is C16H22BrNO2. The lowest BCUT2D eigenvalue weighted by Gasteiger charge is -2.42. The Hall–Kier alpha value is -0.870. The number of hydrogen-bond donors (Lipinski definition) is 0. The maximum Gasteiger partial charge on any atom is 0.223 e. The van der Waals surface area contributed by atoms with E-state index in [9.17, 15) is 4.79 Å². The van der Waals surface area contributed by atoms with Crippen molar-refractivity contribution in [1.29, 1.82) is 0 Å². The van der Waals surface area contributed by atoms with Crippen molar-refractivity contribution in [2.75, 3.05) is 18.4 Å². The number of morpholine rings is 1. The first-order valence-corrected chi connectivity index (χ1v) is 8.18. The van der Waals surface area contributed by atoms with Gasteiger partial charge in [0.1, 0.15) is 0 Å². The van der Waals surface area contributed by atoms with E-state index in [1.54, 1.807) is 0 Å². The molecule has 0 saturated carbocycles. The summed E-state index contributed by atoms with van der Waals surface area (Å²) in [6.45, 7) is 5.44. The van der Waals surface area contributed by atoms with Crippen molar-refractivity contribution in [1.82, 2.24) is 4.90 Å². The van der Waals surface area contributed by atoms with E-state index in [0.717, 1.165) is 11.8 Å². The fraction of sp³-hybridized carbons (Fsp3) is 0.562. The SMILES string of the molecule is CC1(C)CN(C(=O)CCc2ccccc2)CC(CBr)O1. The average Bonchev–Trinajstić information content (AvgIpc) is 2.44. The number of benzene rings is 1. The molecule has 1 aliphatic heterocycles. The van der Waals surface area contributed by atoms with Crippen LogP contribution < -0.4 is 0 Å². The van der Waals surface area contributed by atoms with Crippen molar-refractivity contribution in [3.05, 3.63) is 35.9 Å². The summed E-state index contributed by atoms with van der Waals surface area (Å²) < 4.78 is 5.93. The van der Waals surface area contributed by atoms with Gasteiger partial charge in [-0.1, -0.05) is 46.3 Å². The van der Waals surface area contributed by atoms with Gasteiger partial charge in [-0.05, 0) is 25.8 Å². The van der Waals surface area contributed by atoms with E-state index in [1.165, 1.54) is 5.56 Å². The second-order valence-corrected chi connectivity index (χ2v) is 6.56. The van der Waals surface area contributed by atoms with Crippen LogP contribution >= 0.6 is 15.9 Å². The van der Waals surface area contributed by atoms with Crippen LogP contribution in [-0.2, 0) is 16.0 Å². The van der Waals surface area contributed by atoms with Crippen LogP contribution in [0.2, 0.25) is 0 Å². The number of hydrogen-bond acceptors (Lipinski definition) is 2. The Morgan fingerprint density at radius 1 is 1.40 bits per heavy atom. The maximum absolute atomic E-state index is 12.4. The Kier molecular flexibility index (Phi) is 5.22. The monoisotopic (exact) mass is 339 g/mol. The summed E-state index contributed by atoms with van der Waals surface area (Å²) in [5.74, 6) is 0.219. The molecule has 0 spiro atoms. The number of halogens is 1. The van der Waals surface area contributed by atoms with Crippen molar-refractivity contribution in [2.45, 2.75) is 38.4 Å². The van der Waals surface area contributed by atoms with E-state index in [4.69, 9.17) is 4.74 Å². The lowest BCUT2D eigenvalue weighted by Crippen LogP contribution is -2.55. The van der Waals surface area contributed by atoms with Gasteiger partial charge < -0.3 is 9.64 Å². The van der Waals surface area contributed by atoms with Gasteiger partial charge in [0.25, 0.3) is 0 Å². The van der Waals surface area contributed by atoms with Crippen LogP contribution in [0.5, 0.6) is 0 Å². The van der Waals surface area contributed by atoms with Crippen LogP contribution in [0.4, 0.5) is 0 Å². The molecule has 1 amide bonds. The van der Waals surface area contributed by atoms with Gasteiger partial charge >= 0.3 is 0 Å². The van der Waals surface area contributed by atoms with E-state index in [2.05, 4.69) is 28.1 Å². The van der Waals surface area contributed by atoms with Gasteiger partial charge in [-0.3, -0.25) is 4.79 Å². The molecule has 1 atom stereocenters. The first-order valence-electron chi connectivity index (χ1n) is 7.06. The summed E-state index contributed by atoms with van der Waals surface area (Å²) in [7, 11) is 0. The van der Waals surface area contributed by atoms with Crippen molar-refractivity contribution < 1.29 is 9.53 Å². The molecule has 1 unspecified atom stereocenters. The van der Waals surface area contributed by atoms with Crippen molar-refractivity contribution in [2.24, 2.45) is 0 Å². The molecule has 20 heavy (non-hydrogen) atoms. The first kappa shape index (κ1) is 15.5. The van der Waals surface area contributed by atoms with Crippen LogP contribution in [0.1, 0.15) is 25.8 Å². The van der Waals surface area contributed by atoms with Gasteiger partial charge in [0, 0.05) is 24.8 Å². The number of carbonyl (C=O) groups is 1. The van der Waals surface area contributed by atoms with E-state index in [1.807, 2.05) is 36.9 Å². The zero-order chi connectivity index (χ0) is 14.6. The maximum atomic E-state index is 12.4. The highest BCUT2D eigenvalue weighted by Crippen LogP contribution is 2.22. The minimum Gasteiger partial charge on any atom is -0.368 e. The Labute approximate surface area is 129 Å². The highest BCUT2D eigenvalue weighted by atomic mass is 79.9. The first-order chi connectivity index (χ1) is 9.50. The Morgan fingerprint density at radius 3 is 2.75 bits per heavy atom. The lowest BCUT2D eigenvalue weighted by molar-refractivity contribution is -0.157. The Balaban J connectivity index is 1.91. The average molecular weight is 340 g/mol. The van der Waals surface area contributed by atoms with Gasteiger partial charge in [0.2, 0.25) is 5.91 Å². The molecule has 1 aliphatic rings. The molecule has 1 aromatic rings. The molecule has 1 heterocycles. The molecule has 1 fully saturated rings. The van der Waals surface area contributed by atoms with Crippen LogP contribution in [0.15, 0.2) is 30.3 Å². The summed E-state index contributed by atoms with van der Waals surface area (Å²) in [6.07, 6.45) is 1.45.